The Hall–Kier alpha value is -1.67. The summed E-state index contributed by atoms with van der Waals surface area (Å²) in [6.07, 6.45) is 2.48. The minimum absolute atomic E-state index is 0.224. The highest BCUT2D eigenvalue weighted by Gasteiger charge is 2.55. The van der Waals surface area contributed by atoms with Crippen LogP contribution in [0.2, 0.25) is 0 Å². The summed E-state index contributed by atoms with van der Waals surface area (Å²) in [6.45, 7) is 0. The van der Waals surface area contributed by atoms with Gasteiger partial charge in [0.15, 0.2) is 0 Å². The maximum atomic E-state index is 13.2. The molecule has 0 amide bonds. The first-order chi connectivity index (χ1) is 10.2. The van der Waals surface area contributed by atoms with E-state index < -0.39 is 0 Å². The number of halogens is 1. The van der Waals surface area contributed by atoms with E-state index in [1.165, 1.54) is 29.7 Å². The highest BCUT2D eigenvalue weighted by Crippen LogP contribution is 2.61. The molecular formula is C19H19FO. The van der Waals surface area contributed by atoms with Gasteiger partial charge in [-0.05, 0) is 65.8 Å². The molecular weight excluding hydrogens is 263 g/mol. The summed E-state index contributed by atoms with van der Waals surface area (Å²) >= 11 is 0. The van der Waals surface area contributed by atoms with Crippen molar-refractivity contribution >= 4 is 0 Å². The topological polar surface area (TPSA) is 20.2 Å². The van der Waals surface area contributed by atoms with Crippen LogP contribution < -0.4 is 0 Å². The van der Waals surface area contributed by atoms with Crippen LogP contribution in [0.4, 0.5) is 4.39 Å². The second-order valence-corrected chi connectivity index (χ2v) is 6.41. The molecule has 2 aromatic rings. The quantitative estimate of drug-likeness (QED) is 0.910. The molecule has 1 N–H and O–H groups in total. The summed E-state index contributed by atoms with van der Waals surface area (Å²) in [5.74, 6) is 1.25. The van der Waals surface area contributed by atoms with E-state index in [1.54, 1.807) is 6.07 Å². The van der Waals surface area contributed by atoms with Gasteiger partial charge in [-0.3, -0.25) is 0 Å². The van der Waals surface area contributed by atoms with Gasteiger partial charge in [0.2, 0.25) is 0 Å². The lowest BCUT2D eigenvalue weighted by atomic mass is 9.92. The van der Waals surface area contributed by atoms with E-state index in [0.717, 1.165) is 12.0 Å². The van der Waals surface area contributed by atoms with Crippen molar-refractivity contribution in [2.45, 2.75) is 31.3 Å². The van der Waals surface area contributed by atoms with Crippen LogP contribution in [-0.4, -0.2) is 11.2 Å². The zero-order chi connectivity index (χ0) is 14.4. The van der Waals surface area contributed by atoms with Gasteiger partial charge in [-0.15, -0.1) is 0 Å². The average Bonchev–Trinajstić information content (AvgIpc) is 3.22. The van der Waals surface area contributed by atoms with E-state index in [-0.39, 0.29) is 11.9 Å². The Labute approximate surface area is 124 Å². The third-order valence-corrected chi connectivity index (χ3v) is 5.17. The number of hydrogen-bond acceptors (Lipinski definition) is 1. The van der Waals surface area contributed by atoms with E-state index in [1.807, 2.05) is 6.07 Å². The van der Waals surface area contributed by atoms with Crippen LogP contribution >= 0.6 is 0 Å². The van der Waals surface area contributed by atoms with Crippen molar-refractivity contribution in [3.8, 4) is 0 Å². The first kappa shape index (κ1) is 13.0. The van der Waals surface area contributed by atoms with Gasteiger partial charge in [0, 0.05) is 0 Å². The lowest BCUT2D eigenvalue weighted by Crippen LogP contribution is -2.15. The molecule has 0 aromatic heterocycles. The van der Waals surface area contributed by atoms with Crippen LogP contribution in [0, 0.1) is 17.7 Å². The van der Waals surface area contributed by atoms with Gasteiger partial charge >= 0.3 is 0 Å². The molecule has 1 nitrogen and oxygen atoms in total. The van der Waals surface area contributed by atoms with Crippen LogP contribution in [0.25, 0.3) is 0 Å². The minimum Gasteiger partial charge on any atom is -0.392 e. The Morgan fingerprint density at radius 1 is 1.14 bits per heavy atom. The van der Waals surface area contributed by atoms with Crippen molar-refractivity contribution in [2.24, 2.45) is 11.8 Å². The number of fused-ring (bicyclic) bond motifs is 3. The molecule has 0 aliphatic heterocycles. The zero-order valence-corrected chi connectivity index (χ0v) is 11.9. The van der Waals surface area contributed by atoms with Gasteiger partial charge in [0.05, 0.1) is 6.10 Å². The number of rotatable bonds is 3. The molecule has 0 heterocycles. The summed E-state index contributed by atoms with van der Waals surface area (Å²) in [6, 6.07) is 15.2. The van der Waals surface area contributed by atoms with Gasteiger partial charge in [0.25, 0.3) is 0 Å². The average molecular weight is 282 g/mol. The fourth-order valence-electron chi connectivity index (χ4n) is 4.19. The molecule has 2 aromatic carbocycles. The molecule has 4 rings (SSSR count). The van der Waals surface area contributed by atoms with Crippen molar-refractivity contribution < 1.29 is 9.50 Å². The lowest BCUT2D eigenvalue weighted by Gasteiger charge is -2.13. The number of aryl methyl sites for hydroxylation is 1. The summed E-state index contributed by atoms with van der Waals surface area (Å²) in [4.78, 5) is 0. The number of aliphatic hydroxyl groups excluding tert-OH is 1. The van der Waals surface area contributed by atoms with Gasteiger partial charge in [-0.1, -0.05) is 36.4 Å². The van der Waals surface area contributed by atoms with Crippen LogP contribution in [-0.2, 0) is 12.8 Å². The van der Waals surface area contributed by atoms with Crippen molar-refractivity contribution in [2.75, 3.05) is 0 Å². The first-order valence-electron chi connectivity index (χ1n) is 7.74. The monoisotopic (exact) mass is 282 g/mol. The molecule has 4 unspecified atom stereocenters. The molecule has 0 spiro atoms. The van der Waals surface area contributed by atoms with Crippen LogP contribution in [0.15, 0.2) is 48.5 Å². The Balaban J connectivity index is 1.52. The molecule has 0 radical (unpaired) electrons. The highest BCUT2D eigenvalue weighted by molar-refractivity contribution is 5.40. The largest absolute Gasteiger partial charge is 0.392 e. The highest BCUT2D eigenvalue weighted by atomic mass is 19.1. The summed E-state index contributed by atoms with van der Waals surface area (Å²) in [7, 11) is 0. The summed E-state index contributed by atoms with van der Waals surface area (Å²) in [5.41, 5.74) is 3.76. The Bertz CT molecular complexity index is 666. The summed E-state index contributed by atoms with van der Waals surface area (Å²) < 4.78 is 13.2. The van der Waals surface area contributed by atoms with Crippen molar-refractivity contribution in [3.05, 3.63) is 71.0 Å². The number of hydrogen-bond donors (Lipinski definition) is 1. The van der Waals surface area contributed by atoms with E-state index in [4.69, 9.17) is 0 Å². The Morgan fingerprint density at radius 3 is 2.86 bits per heavy atom. The molecule has 2 heteroatoms. The maximum Gasteiger partial charge on any atom is 0.123 e. The molecule has 1 fully saturated rings. The van der Waals surface area contributed by atoms with Gasteiger partial charge in [-0.2, -0.15) is 0 Å². The second kappa shape index (κ2) is 4.96. The van der Waals surface area contributed by atoms with Crippen molar-refractivity contribution in [3.63, 3.8) is 0 Å². The van der Waals surface area contributed by atoms with Crippen LogP contribution in [0.1, 0.15) is 29.0 Å². The molecule has 0 saturated heterocycles. The predicted octanol–water partition coefficient (Wildman–Crippen LogP) is 3.71. The summed E-state index contributed by atoms with van der Waals surface area (Å²) in [5, 5.41) is 10.6. The molecule has 2 aliphatic rings. The lowest BCUT2D eigenvalue weighted by molar-refractivity contribution is 0.143. The molecule has 1 saturated carbocycles. The van der Waals surface area contributed by atoms with Crippen molar-refractivity contribution in [1.29, 1.82) is 0 Å². The van der Waals surface area contributed by atoms with E-state index in [9.17, 15) is 9.50 Å². The fourth-order valence-corrected chi connectivity index (χ4v) is 4.19. The molecule has 0 bridgehead atoms. The van der Waals surface area contributed by atoms with Gasteiger partial charge in [-0.25, -0.2) is 4.39 Å². The molecule has 21 heavy (non-hydrogen) atoms. The van der Waals surface area contributed by atoms with Crippen LogP contribution in [0.5, 0.6) is 0 Å². The van der Waals surface area contributed by atoms with Gasteiger partial charge in [0.1, 0.15) is 5.82 Å². The number of benzene rings is 2. The Morgan fingerprint density at radius 2 is 2.00 bits per heavy atom. The second-order valence-electron chi connectivity index (χ2n) is 6.41. The molecule has 108 valence electrons. The standard InChI is InChI=1S/C19H19FO/c20-14-6-3-4-12(10-14)11-17(21)19-16-9-8-13-5-1-2-7-15(13)18(16)19/h1-7,10,16-19,21H,8-9,11H2. The predicted molar refractivity (Wildman–Crippen MR) is 80.6 cm³/mol. The fraction of sp³-hybridized carbons (Fsp3) is 0.368. The third-order valence-electron chi connectivity index (χ3n) is 5.17. The smallest absolute Gasteiger partial charge is 0.123 e. The van der Waals surface area contributed by atoms with E-state index in [2.05, 4.69) is 24.3 Å². The van der Waals surface area contributed by atoms with E-state index >= 15 is 0 Å². The Kier molecular flexibility index (Phi) is 3.07. The third kappa shape index (κ3) is 2.28. The number of aliphatic hydroxyl groups is 1. The van der Waals surface area contributed by atoms with Crippen molar-refractivity contribution in [1.82, 2.24) is 0 Å². The SMILES string of the molecule is OC(Cc1cccc(F)c1)C1C2CCc3ccccc3C21. The van der Waals surface area contributed by atoms with E-state index in [0.29, 0.717) is 24.2 Å². The normalized spacial score (nSPS) is 27.6. The molecule has 2 aliphatic carbocycles. The van der Waals surface area contributed by atoms with Crippen LogP contribution in [0.3, 0.4) is 0 Å². The first-order valence-corrected chi connectivity index (χ1v) is 7.74. The zero-order valence-electron chi connectivity index (χ0n) is 11.9. The molecule has 4 atom stereocenters. The maximum absolute atomic E-state index is 13.2. The van der Waals surface area contributed by atoms with Gasteiger partial charge < -0.3 is 5.11 Å². The minimum atomic E-state index is -0.368.